The Kier molecular flexibility index (Phi) is 1.94. The van der Waals surface area contributed by atoms with E-state index in [-0.39, 0.29) is 34.2 Å². The molecule has 0 amide bonds. The smallest absolute Gasteiger partial charge is 0.172 e. The third-order valence-corrected chi connectivity index (χ3v) is 6.02. The van der Waals surface area contributed by atoms with Gasteiger partial charge < -0.3 is 9.15 Å². The van der Waals surface area contributed by atoms with E-state index in [1.165, 1.54) is 6.42 Å². The van der Waals surface area contributed by atoms with E-state index in [2.05, 4.69) is 20.8 Å². The summed E-state index contributed by atoms with van der Waals surface area (Å²) >= 11 is 0. The highest BCUT2D eigenvalue weighted by Crippen LogP contribution is 2.75. The first-order valence-corrected chi connectivity index (χ1v) is 7.18. The monoisotopic (exact) mass is 260 g/mol. The fourth-order valence-electron chi connectivity index (χ4n) is 5.20. The Morgan fingerprint density at radius 1 is 1.26 bits per heavy atom. The Morgan fingerprint density at radius 3 is 2.74 bits per heavy atom. The number of carbonyl (C=O) groups is 1. The highest BCUT2D eigenvalue weighted by atomic mass is 16.6. The number of rotatable bonds is 1. The average Bonchev–Trinajstić information content (AvgIpc) is 2.84. The summed E-state index contributed by atoms with van der Waals surface area (Å²) in [4.78, 5) is 12.7. The lowest BCUT2D eigenvalue weighted by Gasteiger charge is -2.49. The quantitative estimate of drug-likeness (QED) is 0.728. The van der Waals surface area contributed by atoms with Crippen LogP contribution in [0.4, 0.5) is 0 Å². The maximum absolute atomic E-state index is 12.7. The van der Waals surface area contributed by atoms with Gasteiger partial charge in [0.15, 0.2) is 5.78 Å². The van der Waals surface area contributed by atoms with E-state index in [1.807, 2.05) is 6.07 Å². The summed E-state index contributed by atoms with van der Waals surface area (Å²) in [6.45, 7) is 6.77. The van der Waals surface area contributed by atoms with Crippen molar-refractivity contribution in [2.45, 2.75) is 57.7 Å². The van der Waals surface area contributed by atoms with Crippen LogP contribution >= 0.6 is 0 Å². The number of Topliss-reactive ketones (excluding diaryl/α,β-unsaturated/α-hetero) is 1. The van der Waals surface area contributed by atoms with Crippen LogP contribution < -0.4 is 0 Å². The lowest BCUT2D eigenvalue weighted by molar-refractivity contribution is -0.127. The SMILES string of the molecule is CC1(C)CCC[C@@]2(C)[C@@H](c3ccoc3)C(=O)[C@H]3O[C@@]312. The molecule has 1 saturated heterocycles. The van der Waals surface area contributed by atoms with E-state index in [9.17, 15) is 4.79 Å². The van der Waals surface area contributed by atoms with E-state index >= 15 is 0 Å². The van der Waals surface area contributed by atoms with E-state index in [0.29, 0.717) is 0 Å². The van der Waals surface area contributed by atoms with Crippen LogP contribution in [0.25, 0.3) is 0 Å². The van der Waals surface area contributed by atoms with Gasteiger partial charge in [-0.1, -0.05) is 27.2 Å². The normalized spacial score (nSPS) is 46.8. The molecule has 3 nitrogen and oxygen atoms in total. The molecule has 1 aromatic rings. The molecule has 1 spiro atoms. The van der Waals surface area contributed by atoms with Gasteiger partial charge in [-0.25, -0.2) is 0 Å². The number of hydrogen-bond donors (Lipinski definition) is 0. The molecular weight excluding hydrogens is 240 g/mol. The molecule has 1 aromatic heterocycles. The number of ether oxygens (including phenoxy) is 1. The van der Waals surface area contributed by atoms with Gasteiger partial charge in [0.1, 0.15) is 11.7 Å². The Hall–Kier alpha value is -1.09. The van der Waals surface area contributed by atoms with Crippen molar-refractivity contribution in [2.75, 3.05) is 0 Å². The van der Waals surface area contributed by atoms with Crippen LogP contribution in [-0.4, -0.2) is 17.5 Å². The third kappa shape index (κ3) is 1.08. The number of epoxide rings is 1. The van der Waals surface area contributed by atoms with Gasteiger partial charge in [-0.3, -0.25) is 4.79 Å². The first-order valence-electron chi connectivity index (χ1n) is 7.18. The summed E-state index contributed by atoms with van der Waals surface area (Å²) in [5, 5.41) is 0. The summed E-state index contributed by atoms with van der Waals surface area (Å²) in [6, 6.07) is 1.94. The molecule has 19 heavy (non-hydrogen) atoms. The van der Waals surface area contributed by atoms with Gasteiger partial charge in [-0.2, -0.15) is 0 Å². The Bertz CT molecular complexity index is 544. The van der Waals surface area contributed by atoms with Crippen LogP contribution in [0.2, 0.25) is 0 Å². The minimum Gasteiger partial charge on any atom is -0.472 e. The van der Waals surface area contributed by atoms with Crippen molar-refractivity contribution in [2.24, 2.45) is 10.8 Å². The largest absolute Gasteiger partial charge is 0.472 e. The van der Waals surface area contributed by atoms with E-state index in [0.717, 1.165) is 18.4 Å². The van der Waals surface area contributed by atoms with Gasteiger partial charge in [0.2, 0.25) is 0 Å². The molecule has 4 atom stereocenters. The molecule has 2 aliphatic carbocycles. The molecule has 0 unspecified atom stereocenters. The van der Waals surface area contributed by atoms with Crippen molar-refractivity contribution in [3.8, 4) is 0 Å². The van der Waals surface area contributed by atoms with Crippen LogP contribution in [0.5, 0.6) is 0 Å². The summed E-state index contributed by atoms with van der Waals surface area (Å²) < 4.78 is 11.2. The van der Waals surface area contributed by atoms with E-state index in [1.54, 1.807) is 12.5 Å². The maximum atomic E-state index is 12.7. The maximum Gasteiger partial charge on any atom is 0.172 e. The third-order valence-electron chi connectivity index (χ3n) is 6.02. The molecule has 3 fully saturated rings. The minimum absolute atomic E-state index is 0.0513. The van der Waals surface area contributed by atoms with Crippen molar-refractivity contribution in [3.05, 3.63) is 24.2 Å². The highest BCUT2D eigenvalue weighted by molar-refractivity contribution is 5.98. The van der Waals surface area contributed by atoms with Crippen molar-refractivity contribution in [1.82, 2.24) is 0 Å². The Morgan fingerprint density at radius 2 is 2.05 bits per heavy atom. The van der Waals surface area contributed by atoms with E-state index in [4.69, 9.17) is 9.15 Å². The lowest BCUT2D eigenvalue weighted by atomic mass is 9.54. The predicted octanol–water partition coefficient (Wildman–Crippen LogP) is 3.30. The van der Waals surface area contributed by atoms with Crippen LogP contribution in [0.1, 0.15) is 51.5 Å². The minimum atomic E-state index is -0.239. The highest BCUT2D eigenvalue weighted by Gasteiger charge is 2.84. The first kappa shape index (κ1) is 11.7. The second-order valence-electron chi connectivity index (χ2n) is 7.28. The fraction of sp³-hybridized carbons (Fsp3) is 0.688. The molecule has 3 aliphatic rings. The van der Waals surface area contributed by atoms with Gasteiger partial charge in [0, 0.05) is 11.0 Å². The molecule has 3 heteroatoms. The summed E-state index contributed by atoms with van der Waals surface area (Å²) in [5.74, 6) is 0.212. The van der Waals surface area contributed by atoms with Crippen molar-refractivity contribution >= 4 is 5.78 Å². The molecule has 0 N–H and O–H groups in total. The molecule has 2 saturated carbocycles. The fourth-order valence-corrected chi connectivity index (χ4v) is 5.20. The molecule has 102 valence electrons. The van der Waals surface area contributed by atoms with Crippen molar-refractivity contribution in [3.63, 3.8) is 0 Å². The zero-order valence-corrected chi connectivity index (χ0v) is 11.7. The summed E-state index contributed by atoms with van der Waals surface area (Å²) in [6.07, 6.45) is 6.58. The van der Waals surface area contributed by atoms with Gasteiger partial charge in [-0.05, 0) is 24.3 Å². The summed E-state index contributed by atoms with van der Waals surface area (Å²) in [5.41, 5.74) is 0.788. The lowest BCUT2D eigenvalue weighted by Crippen LogP contribution is -2.50. The standard InChI is InChI=1S/C16H20O3/c1-14(2)6-4-7-15(3)11(10-5-8-18-9-10)12(17)13-16(14,15)19-13/h5,8-9,11,13H,4,6-7H2,1-3H3/t11-,13+,15-,16-/m0/s1. The van der Waals surface area contributed by atoms with Crippen molar-refractivity contribution in [1.29, 1.82) is 0 Å². The van der Waals surface area contributed by atoms with Gasteiger partial charge in [0.05, 0.1) is 18.4 Å². The van der Waals surface area contributed by atoms with Gasteiger partial charge in [-0.15, -0.1) is 0 Å². The predicted molar refractivity (Wildman–Crippen MR) is 69.8 cm³/mol. The zero-order chi connectivity index (χ0) is 13.5. The van der Waals surface area contributed by atoms with Crippen LogP contribution in [0.3, 0.4) is 0 Å². The Labute approximate surface area is 113 Å². The number of carbonyl (C=O) groups excluding carboxylic acids is 1. The first-order chi connectivity index (χ1) is 8.94. The number of ketones is 1. The van der Waals surface area contributed by atoms with E-state index < -0.39 is 0 Å². The van der Waals surface area contributed by atoms with Gasteiger partial charge in [0.25, 0.3) is 0 Å². The summed E-state index contributed by atoms with van der Waals surface area (Å²) in [7, 11) is 0. The molecule has 0 aromatic carbocycles. The van der Waals surface area contributed by atoms with Gasteiger partial charge >= 0.3 is 0 Å². The van der Waals surface area contributed by atoms with Crippen LogP contribution in [-0.2, 0) is 9.53 Å². The zero-order valence-electron chi connectivity index (χ0n) is 11.7. The molecular formula is C16H20O3. The topological polar surface area (TPSA) is 42.7 Å². The molecule has 1 aliphatic heterocycles. The van der Waals surface area contributed by atoms with Crippen LogP contribution in [0, 0.1) is 10.8 Å². The number of hydrogen-bond acceptors (Lipinski definition) is 3. The van der Waals surface area contributed by atoms with Crippen molar-refractivity contribution < 1.29 is 13.9 Å². The molecule has 4 rings (SSSR count). The second kappa shape index (κ2) is 3.14. The molecule has 0 radical (unpaired) electrons. The van der Waals surface area contributed by atoms with Crippen LogP contribution in [0.15, 0.2) is 23.0 Å². The Balaban J connectivity index is 1.88. The number of furan rings is 1. The average molecular weight is 260 g/mol. The molecule has 2 heterocycles. The second-order valence-corrected chi connectivity index (χ2v) is 7.28. The molecule has 0 bridgehead atoms.